The molecule has 0 aromatic carbocycles. The van der Waals surface area contributed by atoms with Gasteiger partial charge in [-0.05, 0) is 20.8 Å². The molecule has 10 heteroatoms. The van der Waals surface area contributed by atoms with Crippen molar-refractivity contribution in [3.8, 4) is 0 Å². The second-order valence-electron chi connectivity index (χ2n) is 5.90. The molecule has 0 N–H and O–H groups in total. The van der Waals surface area contributed by atoms with E-state index in [9.17, 15) is 0 Å². The number of hydrogen-bond donors (Lipinski definition) is 0. The Morgan fingerprint density at radius 2 is 0.964 bits per heavy atom. The van der Waals surface area contributed by atoms with E-state index >= 15 is 0 Å². The number of carbonyl (C=O) groups excluding carboxylic acids is 3. The normalized spacial score (nSPS) is 10.2. The number of rotatable bonds is 7. The number of aliphatic carboxylic acids is 3. The van der Waals surface area contributed by atoms with E-state index in [-0.39, 0.29) is 22.7 Å². The predicted octanol–water partition coefficient (Wildman–Crippen LogP) is -0.756. The molecule has 0 aliphatic heterocycles. The molecule has 0 saturated carbocycles. The van der Waals surface area contributed by atoms with Crippen LogP contribution in [0, 0.1) is 0 Å². The van der Waals surface area contributed by atoms with Crippen LogP contribution in [0.5, 0.6) is 0 Å². The minimum atomic E-state index is -1.08. The Hall–Kier alpha value is -1.58. The predicted molar refractivity (Wildman–Crippen MR) is 92.6 cm³/mol. The van der Waals surface area contributed by atoms with Crippen LogP contribution in [0.15, 0.2) is 12.0 Å². The Morgan fingerprint density at radius 3 is 1.14 bits per heavy atom. The van der Waals surface area contributed by atoms with Gasteiger partial charge in [0.05, 0.1) is 0 Å². The maximum absolute atomic E-state index is 8.89. The molecule has 9 nitrogen and oxygen atoms in total. The molecule has 0 aromatic rings. The first-order chi connectivity index (χ1) is 12.5. The molecule has 0 aliphatic carbocycles. The molecule has 0 bridgehead atoms. The molecule has 1 unspecified atom stereocenters. The van der Waals surface area contributed by atoms with Crippen LogP contribution in [0.3, 0.4) is 0 Å². The van der Waals surface area contributed by atoms with E-state index in [2.05, 4.69) is 0 Å². The van der Waals surface area contributed by atoms with Gasteiger partial charge in [0, 0.05) is 17.9 Å². The van der Waals surface area contributed by atoms with Gasteiger partial charge in [0.15, 0.2) is 0 Å². The monoisotopic (exact) mass is 440 g/mol. The van der Waals surface area contributed by atoms with E-state index in [1.165, 1.54) is 0 Å². The van der Waals surface area contributed by atoms with Crippen molar-refractivity contribution in [2.75, 3.05) is 0 Å². The summed E-state index contributed by atoms with van der Waals surface area (Å²) in [4.78, 5) is 26.7. The summed E-state index contributed by atoms with van der Waals surface area (Å²) in [7, 11) is 0. The van der Waals surface area contributed by atoms with Crippen LogP contribution in [-0.2, 0) is 49.0 Å². The van der Waals surface area contributed by atoms with E-state index in [1.807, 2.05) is 68.1 Å². The van der Waals surface area contributed by atoms with Crippen molar-refractivity contribution >= 4 is 17.9 Å². The average molecular weight is 440 g/mol. The Morgan fingerprint density at radius 1 is 0.714 bits per heavy atom. The zero-order chi connectivity index (χ0) is 23.4. The van der Waals surface area contributed by atoms with Gasteiger partial charge in [0.25, 0.3) is 0 Å². The molecule has 28 heavy (non-hydrogen) atoms. The van der Waals surface area contributed by atoms with Gasteiger partial charge in [-0.15, -0.1) is 0 Å². The second-order valence-corrected chi connectivity index (χ2v) is 6.79. The quantitative estimate of drug-likeness (QED) is 0.368. The van der Waals surface area contributed by atoms with Crippen LogP contribution in [0.1, 0.15) is 62.3 Å². The van der Waals surface area contributed by atoms with Crippen molar-refractivity contribution in [2.24, 2.45) is 0 Å². The molecule has 162 valence electrons. The summed E-state index contributed by atoms with van der Waals surface area (Å²) in [6.45, 7) is 14.8. The Balaban J connectivity index is -0.000000195. The number of carboxylic acid groups (broad SMARTS) is 3. The fourth-order valence-corrected chi connectivity index (χ4v) is 1.66. The summed E-state index contributed by atoms with van der Waals surface area (Å²) < 4.78 is 16.7. The molecule has 0 radical (unpaired) electrons. The summed E-state index contributed by atoms with van der Waals surface area (Å²) in [5.74, 6) is -2.70. The number of carboxylic acids is 3. The third-order valence-corrected chi connectivity index (χ3v) is 1.88. The molecular weight excluding hydrogens is 408 g/mol. The van der Waals surface area contributed by atoms with E-state index in [0.29, 0.717) is 5.95 Å². The standard InChI is InChI=1S/C12H23O3.3C2H4O2.Ti/c1-9(2)13-8-7-12(14-10(3)4)15-11(5)6;3*1-2(3)4;/h7-11H,1-6H3;3*1H3,(H,3,4);/q;;;;+3/p-3. The van der Waals surface area contributed by atoms with Crippen molar-refractivity contribution in [1.29, 1.82) is 0 Å². The summed E-state index contributed by atoms with van der Waals surface area (Å²) in [6, 6.07) is 0. The van der Waals surface area contributed by atoms with Gasteiger partial charge in [-0.25, -0.2) is 0 Å². The fourth-order valence-electron chi connectivity index (χ4n) is 1.03. The molecule has 0 fully saturated rings. The summed E-state index contributed by atoms with van der Waals surface area (Å²) in [5, 5.41) is 26.7. The summed E-state index contributed by atoms with van der Waals surface area (Å²) in [5.41, 5.74) is 0. The molecule has 0 aromatic heterocycles. The molecular formula is C18H32O9Ti. The van der Waals surface area contributed by atoms with Crippen LogP contribution in [-0.4, -0.2) is 40.6 Å². The first-order valence-corrected chi connectivity index (χ1v) is 9.35. The first-order valence-electron chi connectivity index (χ1n) is 8.45. The number of hydrogen-bond acceptors (Lipinski definition) is 9. The first kappa shape index (κ1) is 34.0. The molecule has 0 spiro atoms. The van der Waals surface area contributed by atoms with E-state index in [0.717, 1.165) is 20.8 Å². The third kappa shape index (κ3) is 64.4. The average Bonchev–Trinajstić information content (AvgIpc) is 2.32. The van der Waals surface area contributed by atoms with Gasteiger partial charge < -0.3 is 29.7 Å². The van der Waals surface area contributed by atoms with Gasteiger partial charge >= 0.3 is 111 Å². The SMILES string of the molecule is CC(=O)[O-].CC(=O)[O-].CC(=O)[O-].CC(C)OC(=C[CH]([Ti+3])OC(C)C)OC(C)C. The van der Waals surface area contributed by atoms with Crippen molar-refractivity contribution < 1.29 is 64.3 Å². The van der Waals surface area contributed by atoms with Crippen molar-refractivity contribution in [2.45, 2.75) is 85.0 Å². The van der Waals surface area contributed by atoms with E-state index < -0.39 is 17.9 Å². The van der Waals surface area contributed by atoms with Gasteiger partial charge in [-0.2, -0.15) is 0 Å². The molecule has 0 saturated heterocycles. The van der Waals surface area contributed by atoms with Gasteiger partial charge in [0.1, 0.15) is 0 Å². The van der Waals surface area contributed by atoms with Gasteiger partial charge in [0.2, 0.25) is 0 Å². The summed E-state index contributed by atoms with van der Waals surface area (Å²) in [6.07, 6.45) is 2.29. The Bertz CT molecular complexity index is 394. The van der Waals surface area contributed by atoms with Crippen LogP contribution >= 0.6 is 0 Å². The van der Waals surface area contributed by atoms with Crippen LogP contribution in [0.4, 0.5) is 0 Å². The topological polar surface area (TPSA) is 148 Å². The van der Waals surface area contributed by atoms with Crippen LogP contribution in [0.2, 0.25) is 0 Å². The van der Waals surface area contributed by atoms with Crippen LogP contribution in [0.25, 0.3) is 0 Å². The van der Waals surface area contributed by atoms with E-state index in [1.54, 1.807) is 0 Å². The zero-order valence-electron chi connectivity index (χ0n) is 18.1. The minimum absolute atomic E-state index is 0.00694. The molecule has 1 atom stereocenters. The molecule has 0 rings (SSSR count). The van der Waals surface area contributed by atoms with Crippen molar-refractivity contribution in [3.63, 3.8) is 0 Å². The van der Waals surface area contributed by atoms with Crippen molar-refractivity contribution in [3.05, 3.63) is 12.0 Å². The van der Waals surface area contributed by atoms with Crippen LogP contribution < -0.4 is 15.3 Å². The van der Waals surface area contributed by atoms with Gasteiger partial charge in [-0.1, -0.05) is 0 Å². The summed E-state index contributed by atoms with van der Waals surface area (Å²) >= 11 is 1.98. The Labute approximate surface area is 179 Å². The third-order valence-electron chi connectivity index (χ3n) is 1.41. The second kappa shape index (κ2) is 21.7. The Kier molecular flexibility index (Phi) is 26.4. The fraction of sp³-hybridized carbons (Fsp3) is 0.722. The molecule has 0 heterocycles. The van der Waals surface area contributed by atoms with Gasteiger partial charge in [-0.3, -0.25) is 0 Å². The zero-order valence-corrected chi connectivity index (χ0v) is 19.6. The molecule has 0 amide bonds. The molecule has 0 aliphatic rings. The number of carbonyl (C=O) groups is 3. The van der Waals surface area contributed by atoms with Crippen molar-refractivity contribution in [1.82, 2.24) is 0 Å². The van der Waals surface area contributed by atoms with E-state index in [4.69, 9.17) is 43.9 Å². The number of ether oxygens (including phenoxy) is 3. The maximum atomic E-state index is 8.89.